The van der Waals surface area contributed by atoms with Crippen LogP contribution in [-0.4, -0.2) is 57.1 Å². The van der Waals surface area contributed by atoms with Crippen molar-refractivity contribution in [2.75, 3.05) is 19.6 Å². The van der Waals surface area contributed by atoms with E-state index in [-0.39, 0.29) is 33.2 Å². The van der Waals surface area contributed by atoms with Crippen LogP contribution in [0.5, 0.6) is 0 Å². The van der Waals surface area contributed by atoms with Gasteiger partial charge in [0.2, 0.25) is 0 Å². The lowest BCUT2D eigenvalue weighted by Gasteiger charge is -2.21. The van der Waals surface area contributed by atoms with E-state index >= 15 is 0 Å². The maximum atomic E-state index is 13.2. The van der Waals surface area contributed by atoms with E-state index in [1.54, 1.807) is 30.9 Å². The molecule has 0 bridgehead atoms. The molecule has 1 aliphatic rings. The SMILES string of the molecule is CCN(CC)C(=O)c1nc(C(=O)NCC2(O)CC2)sc1-c1ccc(C(C)(C)O)c(Cl)c1Cl. The Hall–Kier alpha value is -1.71. The lowest BCUT2D eigenvalue weighted by molar-refractivity contribution is 0.0765. The molecule has 3 rings (SSSR count). The van der Waals surface area contributed by atoms with E-state index in [1.807, 2.05) is 13.8 Å². The van der Waals surface area contributed by atoms with Gasteiger partial charge in [0.25, 0.3) is 11.8 Å². The number of aromatic nitrogens is 1. The zero-order chi connectivity index (χ0) is 23.8. The second kappa shape index (κ2) is 9.27. The van der Waals surface area contributed by atoms with Crippen molar-refractivity contribution in [1.29, 1.82) is 0 Å². The van der Waals surface area contributed by atoms with Crippen LogP contribution in [0.15, 0.2) is 12.1 Å². The average molecular weight is 500 g/mol. The van der Waals surface area contributed by atoms with E-state index in [4.69, 9.17) is 23.2 Å². The van der Waals surface area contributed by atoms with Gasteiger partial charge in [-0.05, 0) is 40.5 Å². The molecule has 7 nitrogen and oxygen atoms in total. The van der Waals surface area contributed by atoms with Crippen molar-refractivity contribution in [3.63, 3.8) is 0 Å². The number of hydrogen-bond donors (Lipinski definition) is 3. The quantitative estimate of drug-likeness (QED) is 0.507. The standard InChI is InChI=1S/C22H27Cl2N3O4S/c1-5-27(6-2)20(29)16-17(12-7-8-13(21(3,4)30)15(24)14(12)23)32-19(26-16)18(28)25-11-22(31)9-10-22/h7-8,30-31H,5-6,9-11H2,1-4H3,(H,25,28). The summed E-state index contributed by atoms with van der Waals surface area (Å²) in [4.78, 5) is 32.2. The smallest absolute Gasteiger partial charge is 0.280 e. The number of thiazole rings is 1. The zero-order valence-corrected chi connectivity index (χ0v) is 20.8. The van der Waals surface area contributed by atoms with E-state index < -0.39 is 17.1 Å². The molecule has 0 saturated heterocycles. The van der Waals surface area contributed by atoms with Crippen molar-refractivity contribution in [3.05, 3.63) is 38.4 Å². The highest BCUT2D eigenvalue weighted by atomic mass is 35.5. The highest BCUT2D eigenvalue weighted by Gasteiger charge is 2.40. The Morgan fingerprint density at radius 1 is 1.22 bits per heavy atom. The molecule has 1 fully saturated rings. The molecule has 1 heterocycles. The third kappa shape index (κ3) is 5.10. The first kappa shape index (κ1) is 24.9. The maximum Gasteiger partial charge on any atom is 0.280 e. The van der Waals surface area contributed by atoms with Crippen LogP contribution in [0.2, 0.25) is 10.0 Å². The minimum Gasteiger partial charge on any atom is -0.388 e. The number of hydrogen-bond acceptors (Lipinski definition) is 6. The molecule has 1 aromatic carbocycles. The fraction of sp³-hybridized carbons (Fsp3) is 0.500. The summed E-state index contributed by atoms with van der Waals surface area (Å²) in [5, 5.41) is 23.5. The fourth-order valence-electron chi connectivity index (χ4n) is 3.24. The number of carbonyl (C=O) groups is 2. The van der Waals surface area contributed by atoms with Crippen molar-refractivity contribution in [2.24, 2.45) is 0 Å². The van der Waals surface area contributed by atoms with Gasteiger partial charge in [-0.3, -0.25) is 9.59 Å². The first-order chi connectivity index (χ1) is 14.9. The van der Waals surface area contributed by atoms with Gasteiger partial charge < -0.3 is 20.4 Å². The maximum absolute atomic E-state index is 13.2. The molecular weight excluding hydrogens is 473 g/mol. The lowest BCUT2D eigenvalue weighted by Crippen LogP contribution is -2.33. The largest absolute Gasteiger partial charge is 0.388 e. The van der Waals surface area contributed by atoms with Crippen LogP contribution in [0.4, 0.5) is 0 Å². The molecule has 32 heavy (non-hydrogen) atoms. The zero-order valence-electron chi connectivity index (χ0n) is 18.5. The lowest BCUT2D eigenvalue weighted by atomic mass is 9.96. The monoisotopic (exact) mass is 499 g/mol. The number of aliphatic hydroxyl groups is 2. The van der Waals surface area contributed by atoms with Crippen LogP contribution in [0, 0.1) is 0 Å². The van der Waals surface area contributed by atoms with E-state index in [0.29, 0.717) is 41.9 Å². The Morgan fingerprint density at radius 3 is 2.38 bits per heavy atom. The summed E-state index contributed by atoms with van der Waals surface area (Å²) in [6, 6.07) is 3.32. The second-order valence-electron chi connectivity index (χ2n) is 8.43. The van der Waals surface area contributed by atoms with Crippen LogP contribution in [0.1, 0.15) is 66.4 Å². The topological polar surface area (TPSA) is 103 Å². The number of nitrogens with zero attached hydrogens (tertiary/aromatic N) is 2. The Labute approximate surface area is 201 Å². The average Bonchev–Trinajstić information content (AvgIpc) is 3.30. The summed E-state index contributed by atoms with van der Waals surface area (Å²) >= 11 is 14.0. The minimum absolute atomic E-state index is 0.0958. The van der Waals surface area contributed by atoms with Crippen molar-refractivity contribution in [3.8, 4) is 10.4 Å². The Kier molecular flexibility index (Phi) is 7.22. The van der Waals surface area contributed by atoms with Gasteiger partial charge in [-0.1, -0.05) is 35.3 Å². The summed E-state index contributed by atoms with van der Waals surface area (Å²) in [5.41, 5.74) is -1.04. The van der Waals surface area contributed by atoms with Crippen LogP contribution >= 0.6 is 34.5 Å². The molecule has 0 atom stereocenters. The van der Waals surface area contributed by atoms with E-state index in [9.17, 15) is 19.8 Å². The number of benzene rings is 1. The molecule has 2 aromatic rings. The van der Waals surface area contributed by atoms with Crippen molar-refractivity contribution < 1.29 is 19.8 Å². The predicted molar refractivity (Wildman–Crippen MR) is 127 cm³/mol. The molecular formula is C22H27Cl2N3O4S. The molecule has 1 aromatic heterocycles. The third-order valence-corrected chi connectivity index (χ3v) is 7.44. The Balaban J connectivity index is 2.07. The molecule has 0 spiro atoms. The van der Waals surface area contributed by atoms with E-state index in [1.165, 1.54) is 0 Å². The number of amides is 2. The van der Waals surface area contributed by atoms with Gasteiger partial charge in [-0.2, -0.15) is 0 Å². The van der Waals surface area contributed by atoms with Gasteiger partial charge in [-0.15, -0.1) is 11.3 Å². The van der Waals surface area contributed by atoms with Crippen LogP contribution in [-0.2, 0) is 5.60 Å². The molecule has 3 N–H and O–H groups in total. The van der Waals surface area contributed by atoms with Crippen molar-refractivity contribution in [2.45, 2.75) is 51.7 Å². The molecule has 2 amide bonds. The number of halogens is 2. The first-order valence-electron chi connectivity index (χ1n) is 10.4. The van der Waals surface area contributed by atoms with Crippen molar-refractivity contribution in [1.82, 2.24) is 15.2 Å². The molecule has 0 aliphatic heterocycles. The normalized spacial score (nSPS) is 14.9. The van der Waals surface area contributed by atoms with Crippen LogP contribution in [0.25, 0.3) is 10.4 Å². The highest BCUT2D eigenvalue weighted by Crippen LogP contribution is 2.43. The fourth-order valence-corrected chi connectivity index (χ4v) is 4.96. The summed E-state index contributed by atoms with van der Waals surface area (Å²) in [7, 11) is 0. The molecule has 10 heteroatoms. The Bertz CT molecular complexity index is 1040. The van der Waals surface area contributed by atoms with E-state index in [2.05, 4.69) is 10.3 Å². The summed E-state index contributed by atoms with van der Waals surface area (Å²) < 4.78 is 0. The van der Waals surface area contributed by atoms with Gasteiger partial charge in [-0.25, -0.2) is 4.98 Å². The summed E-state index contributed by atoms with van der Waals surface area (Å²) in [5.74, 6) is -0.787. The minimum atomic E-state index is -1.21. The Morgan fingerprint density at radius 2 is 1.84 bits per heavy atom. The summed E-state index contributed by atoms with van der Waals surface area (Å²) in [6.07, 6.45) is 1.29. The third-order valence-electron chi connectivity index (χ3n) is 5.47. The molecule has 1 aliphatic carbocycles. The number of carbonyl (C=O) groups excluding carboxylic acids is 2. The van der Waals surface area contributed by atoms with Crippen LogP contribution < -0.4 is 5.32 Å². The molecule has 1 saturated carbocycles. The first-order valence-corrected chi connectivity index (χ1v) is 12.0. The van der Waals surface area contributed by atoms with Gasteiger partial charge in [0.1, 0.15) is 5.69 Å². The van der Waals surface area contributed by atoms with Crippen molar-refractivity contribution >= 4 is 46.4 Å². The molecule has 174 valence electrons. The van der Waals surface area contributed by atoms with E-state index in [0.717, 1.165) is 11.3 Å². The molecule has 0 radical (unpaired) electrons. The van der Waals surface area contributed by atoms with Gasteiger partial charge in [0.05, 0.1) is 26.1 Å². The number of rotatable bonds is 8. The second-order valence-corrected chi connectivity index (χ2v) is 10.2. The van der Waals surface area contributed by atoms with Crippen LogP contribution in [0.3, 0.4) is 0 Å². The number of nitrogens with one attached hydrogen (secondary N) is 1. The summed E-state index contributed by atoms with van der Waals surface area (Å²) in [6.45, 7) is 8.01. The molecule has 0 unspecified atom stereocenters. The van der Waals surface area contributed by atoms with Gasteiger partial charge in [0.15, 0.2) is 5.01 Å². The predicted octanol–water partition coefficient (Wildman–Crippen LogP) is 4.08. The van der Waals surface area contributed by atoms with Gasteiger partial charge >= 0.3 is 0 Å². The highest BCUT2D eigenvalue weighted by molar-refractivity contribution is 7.17. The van der Waals surface area contributed by atoms with Gasteiger partial charge in [0, 0.05) is 30.8 Å².